The van der Waals surface area contributed by atoms with E-state index in [1.807, 2.05) is 0 Å². The molecule has 0 amide bonds. The monoisotopic (exact) mass is 332 g/mol. The number of nitrogens with one attached hydrogen (secondary N) is 1. The molecule has 0 bridgehead atoms. The second-order valence-electron chi connectivity index (χ2n) is 3.90. The van der Waals surface area contributed by atoms with Crippen molar-refractivity contribution in [1.82, 2.24) is 9.97 Å². The highest BCUT2D eigenvalue weighted by atomic mass is 35.5. The van der Waals surface area contributed by atoms with Gasteiger partial charge in [-0.2, -0.15) is 0 Å². The second kappa shape index (κ2) is 5.43. The summed E-state index contributed by atoms with van der Waals surface area (Å²) in [5.41, 5.74) is 6.52. The van der Waals surface area contributed by atoms with Gasteiger partial charge in [-0.3, -0.25) is 4.72 Å². The fourth-order valence-corrected chi connectivity index (χ4v) is 3.16. The van der Waals surface area contributed by atoms with Crippen LogP contribution >= 0.6 is 23.2 Å². The molecule has 2 rings (SSSR count). The Bertz CT molecular complexity index is 765. The van der Waals surface area contributed by atoms with E-state index in [-0.39, 0.29) is 20.9 Å². The highest BCUT2D eigenvalue weighted by Crippen LogP contribution is 2.28. The fourth-order valence-electron chi connectivity index (χ4n) is 1.52. The number of halogens is 2. The summed E-state index contributed by atoms with van der Waals surface area (Å²) >= 11 is 11.6. The summed E-state index contributed by atoms with van der Waals surface area (Å²) in [6.45, 7) is 1.61. The Hall–Kier alpha value is -1.57. The van der Waals surface area contributed by atoms with Crippen molar-refractivity contribution in [2.24, 2.45) is 0 Å². The van der Waals surface area contributed by atoms with Gasteiger partial charge in [-0.1, -0.05) is 29.3 Å². The molecule has 1 aromatic carbocycles. The number of hydrogen-bond acceptors (Lipinski definition) is 5. The summed E-state index contributed by atoms with van der Waals surface area (Å²) in [5, 5.41) is -0.108. The van der Waals surface area contributed by atoms with Gasteiger partial charge in [0.2, 0.25) is 0 Å². The van der Waals surface area contributed by atoms with Crippen LogP contribution in [-0.4, -0.2) is 18.4 Å². The molecule has 3 N–H and O–H groups in total. The van der Waals surface area contributed by atoms with E-state index in [9.17, 15) is 8.42 Å². The Kier molecular flexibility index (Phi) is 4.03. The summed E-state index contributed by atoms with van der Waals surface area (Å²) < 4.78 is 26.9. The van der Waals surface area contributed by atoms with Crippen LogP contribution in [0.2, 0.25) is 10.2 Å². The zero-order chi connectivity index (χ0) is 14.9. The molecule has 0 atom stereocenters. The lowest BCUT2D eigenvalue weighted by molar-refractivity contribution is 0.600. The minimum atomic E-state index is -3.87. The van der Waals surface area contributed by atoms with Crippen molar-refractivity contribution < 1.29 is 8.42 Å². The number of sulfonamides is 1. The average molecular weight is 333 g/mol. The van der Waals surface area contributed by atoms with Gasteiger partial charge in [-0.05, 0) is 24.6 Å². The Morgan fingerprint density at radius 2 is 1.95 bits per heavy atom. The number of nitrogens with two attached hydrogens (primary N) is 1. The molecule has 0 aliphatic rings. The van der Waals surface area contributed by atoms with E-state index < -0.39 is 10.0 Å². The molecule has 2 aromatic rings. The van der Waals surface area contributed by atoms with Crippen LogP contribution in [0.1, 0.15) is 5.56 Å². The van der Waals surface area contributed by atoms with Crippen LogP contribution in [0.25, 0.3) is 0 Å². The summed E-state index contributed by atoms with van der Waals surface area (Å²) in [6.07, 6.45) is 1.11. The quantitative estimate of drug-likeness (QED) is 0.664. The van der Waals surface area contributed by atoms with Gasteiger partial charge in [0.25, 0.3) is 10.0 Å². The topological polar surface area (TPSA) is 98.0 Å². The molecular weight excluding hydrogens is 323 g/mol. The molecule has 0 fully saturated rings. The van der Waals surface area contributed by atoms with E-state index in [0.29, 0.717) is 11.3 Å². The highest BCUT2D eigenvalue weighted by molar-refractivity contribution is 7.92. The molecule has 1 aromatic heterocycles. The number of benzene rings is 1. The molecule has 0 aliphatic carbocycles. The normalized spacial score (nSPS) is 11.3. The first kappa shape index (κ1) is 14.8. The van der Waals surface area contributed by atoms with Crippen molar-refractivity contribution in [3.63, 3.8) is 0 Å². The van der Waals surface area contributed by atoms with Crippen LogP contribution in [0.15, 0.2) is 29.4 Å². The smallest absolute Gasteiger partial charge is 0.263 e. The van der Waals surface area contributed by atoms with Crippen LogP contribution in [0.5, 0.6) is 0 Å². The molecule has 0 saturated carbocycles. The van der Waals surface area contributed by atoms with E-state index in [1.54, 1.807) is 19.1 Å². The predicted molar refractivity (Wildman–Crippen MR) is 78.5 cm³/mol. The first-order valence-corrected chi connectivity index (χ1v) is 7.60. The maximum atomic E-state index is 12.3. The number of aromatic nitrogens is 2. The van der Waals surface area contributed by atoms with Crippen molar-refractivity contribution in [3.05, 3.63) is 40.3 Å². The van der Waals surface area contributed by atoms with Gasteiger partial charge >= 0.3 is 0 Å². The van der Waals surface area contributed by atoms with Crippen LogP contribution in [0.3, 0.4) is 0 Å². The standard InChI is InChI=1S/C11H10Cl2N4O2S/c1-6-7(14)3-2-4-8(6)20(18,19)17-11-9(12)10(13)15-5-16-11/h2-5H,14H2,1H3,(H,15,16,17). The molecule has 0 unspecified atom stereocenters. The van der Waals surface area contributed by atoms with Crippen molar-refractivity contribution in [2.75, 3.05) is 10.5 Å². The molecular formula is C11H10Cl2N4O2S. The number of nitrogen functional groups attached to an aromatic ring is 1. The molecule has 0 aliphatic heterocycles. The van der Waals surface area contributed by atoms with Gasteiger partial charge in [0.15, 0.2) is 11.0 Å². The van der Waals surface area contributed by atoms with Crippen molar-refractivity contribution >= 4 is 44.7 Å². The SMILES string of the molecule is Cc1c(N)cccc1S(=O)(=O)Nc1ncnc(Cl)c1Cl. The molecule has 0 spiro atoms. The zero-order valence-corrected chi connectivity index (χ0v) is 12.6. The van der Waals surface area contributed by atoms with E-state index in [2.05, 4.69) is 14.7 Å². The third-order valence-electron chi connectivity index (χ3n) is 2.59. The zero-order valence-electron chi connectivity index (χ0n) is 10.3. The highest BCUT2D eigenvalue weighted by Gasteiger charge is 2.20. The molecule has 106 valence electrons. The van der Waals surface area contributed by atoms with Crippen molar-refractivity contribution in [2.45, 2.75) is 11.8 Å². The molecule has 6 nitrogen and oxygen atoms in total. The Morgan fingerprint density at radius 3 is 2.65 bits per heavy atom. The lowest BCUT2D eigenvalue weighted by Crippen LogP contribution is -2.16. The van der Waals surface area contributed by atoms with Gasteiger partial charge in [0.05, 0.1) is 4.90 Å². The fraction of sp³-hybridized carbons (Fsp3) is 0.0909. The van der Waals surface area contributed by atoms with Crippen LogP contribution in [-0.2, 0) is 10.0 Å². The number of hydrogen-bond donors (Lipinski definition) is 2. The summed E-state index contributed by atoms with van der Waals surface area (Å²) in [5.74, 6) is -0.0894. The Labute approximate surface area is 126 Å². The van der Waals surface area contributed by atoms with Crippen molar-refractivity contribution in [3.8, 4) is 0 Å². The lowest BCUT2D eigenvalue weighted by Gasteiger charge is -2.12. The summed E-state index contributed by atoms with van der Waals surface area (Å²) in [7, 11) is -3.87. The maximum Gasteiger partial charge on any atom is 0.263 e. The number of rotatable bonds is 3. The third-order valence-corrected chi connectivity index (χ3v) is 4.82. The maximum absolute atomic E-state index is 12.3. The van der Waals surface area contributed by atoms with Crippen molar-refractivity contribution in [1.29, 1.82) is 0 Å². The van der Waals surface area contributed by atoms with E-state index in [4.69, 9.17) is 28.9 Å². The van der Waals surface area contributed by atoms with Crippen LogP contribution in [0, 0.1) is 6.92 Å². The van der Waals surface area contributed by atoms with Crippen LogP contribution < -0.4 is 10.5 Å². The van der Waals surface area contributed by atoms with E-state index in [1.165, 1.54) is 6.07 Å². The molecule has 9 heteroatoms. The van der Waals surface area contributed by atoms with Crippen LogP contribution in [0.4, 0.5) is 11.5 Å². The minimum Gasteiger partial charge on any atom is -0.398 e. The number of nitrogens with zero attached hydrogens (tertiary/aromatic N) is 2. The second-order valence-corrected chi connectivity index (χ2v) is 6.29. The van der Waals surface area contributed by atoms with E-state index in [0.717, 1.165) is 6.33 Å². The summed E-state index contributed by atoms with van der Waals surface area (Å²) in [6, 6.07) is 4.60. The first-order chi connectivity index (χ1) is 9.33. The van der Waals surface area contributed by atoms with Gasteiger partial charge in [0, 0.05) is 5.69 Å². The molecule has 0 saturated heterocycles. The lowest BCUT2D eigenvalue weighted by atomic mass is 10.2. The molecule has 20 heavy (non-hydrogen) atoms. The van der Waals surface area contributed by atoms with Gasteiger partial charge in [0.1, 0.15) is 11.3 Å². The molecule has 0 radical (unpaired) electrons. The van der Waals surface area contributed by atoms with Gasteiger partial charge < -0.3 is 5.73 Å². The Morgan fingerprint density at radius 1 is 1.25 bits per heavy atom. The molecule has 1 heterocycles. The number of anilines is 2. The van der Waals surface area contributed by atoms with Gasteiger partial charge in [-0.25, -0.2) is 18.4 Å². The summed E-state index contributed by atoms with van der Waals surface area (Å²) in [4.78, 5) is 7.44. The first-order valence-electron chi connectivity index (χ1n) is 5.37. The van der Waals surface area contributed by atoms with E-state index >= 15 is 0 Å². The Balaban J connectivity index is 2.47. The minimum absolute atomic E-state index is 0.0383. The largest absolute Gasteiger partial charge is 0.398 e. The third kappa shape index (κ3) is 2.79. The predicted octanol–water partition coefficient (Wildman–Crippen LogP) is 2.47. The average Bonchev–Trinajstić information content (AvgIpc) is 2.38. The van der Waals surface area contributed by atoms with Gasteiger partial charge in [-0.15, -0.1) is 0 Å².